The van der Waals surface area contributed by atoms with E-state index in [4.69, 9.17) is 8.84 Å². The van der Waals surface area contributed by atoms with E-state index in [1.807, 2.05) is 6.07 Å². The Balaban J connectivity index is 1.63. The van der Waals surface area contributed by atoms with Crippen LogP contribution in [0.4, 0.5) is 4.39 Å². The van der Waals surface area contributed by atoms with Gasteiger partial charge in [-0.25, -0.2) is 9.37 Å². The van der Waals surface area contributed by atoms with E-state index in [1.54, 1.807) is 12.3 Å². The first kappa shape index (κ1) is 25.4. The number of hydrogen-bond acceptors (Lipinski definition) is 3. The summed E-state index contributed by atoms with van der Waals surface area (Å²) in [5, 5.41) is 0.0961. The maximum Gasteiger partial charge on any atom is 0.222 e. The van der Waals surface area contributed by atoms with Gasteiger partial charge in [0.05, 0.1) is 6.20 Å². The molecular formula is C28H38FNO2Si. The maximum absolute atomic E-state index is 13.7. The second kappa shape index (κ2) is 11.3. The zero-order valence-corrected chi connectivity index (χ0v) is 21.7. The smallest absolute Gasteiger partial charge is 0.222 e. The molecule has 0 amide bonds. The van der Waals surface area contributed by atoms with E-state index in [2.05, 4.69) is 69.2 Å². The fraction of sp³-hybridized carbons (Fsp3) is 0.464. The van der Waals surface area contributed by atoms with Crippen molar-refractivity contribution in [1.82, 2.24) is 4.98 Å². The van der Waals surface area contributed by atoms with E-state index in [-0.39, 0.29) is 17.0 Å². The summed E-state index contributed by atoms with van der Waals surface area (Å²) in [6, 6.07) is 17.1. The monoisotopic (exact) mass is 467 g/mol. The van der Waals surface area contributed by atoms with Gasteiger partial charge in [0, 0.05) is 5.56 Å². The van der Waals surface area contributed by atoms with Gasteiger partial charge >= 0.3 is 0 Å². The van der Waals surface area contributed by atoms with Gasteiger partial charge in [0.1, 0.15) is 11.9 Å². The van der Waals surface area contributed by atoms with Gasteiger partial charge in [-0.2, -0.15) is 0 Å². The number of rotatable bonds is 11. The topological polar surface area (TPSA) is 35.3 Å². The molecule has 0 radical (unpaired) electrons. The molecule has 0 fully saturated rings. The van der Waals surface area contributed by atoms with Gasteiger partial charge in [-0.3, -0.25) is 0 Å². The van der Waals surface area contributed by atoms with Crippen molar-refractivity contribution < 1.29 is 13.2 Å². The number of hydrogen-bond donors (Lipinski definition) is 0. The molecule has 0 aliphatic rings. The van der Waals surface area contributed by atoms with Crippen molar-refractivity contribution >= 4 is 8.32 Å². The summed E-state index contributed by atoms with van der Waals surface area (Å²) in [5.41, 5.74) is 2.10. The van der Waals surface area contributed by atoms with Crippen molar-refractivity contribution in [3.05, 3.63) is 78.1 Å². The Kier molecular flexibility index (Phi) is 8.66. The normalized spacial score (nSPS) is 13.3. The SMILES string of the molecule is CC(C)(C)[Si](C)(C)OC(CCCCCCc1ccccc1)c1ncc(-c2cccc(F)c2)o1. The van der Waals surface area contributed by atoms with Gasteiger partial charge in [0.25, 0.3) is 0 Å². The zero-order chi connectivity index (χ0) is 23.9. The van der Waals surface area contributed by atoms with Crippen LogP contribution in [-0.4, -0.2) is 13.3 Å². The summed E-state index contributed by atoms with van der Waals surface area (Å²) < 4.78 is 26.5. The van der Waals surface area contributed by atoms with Gasteiger partial charge in [-0.15, -0.1) is 0 Å². The minimum atomic E-state index is -2.01. The van der Waals surface area contributed by atoms with Crippen LogP contribution in [0.25, 0.3) is 11.3 Å². The van der Waals surface area contributed by atoms with Crippen LogP contribution in [0.15, 0.2) is 65.2 Å². The molecule has 2 aromatic carbocycles. The molecular weight excluding hydrogens is 429 g/mol. The predicted octanol–water partition coefficient (Wildman–Crippen LogP) is 8.74. The molecule has 178 valence electrons. The van der Waals surface area contributed by atoms with Gasteiger partial charge in [-0.05, 0) is 55.1 Å². The molecule has 0 saturated carbocycles. The number of aryl methyl sites for hydroxylation is 1. The highest BCUT2D eigenvalue weighted by Gasteiger charge is 2.40. The lowest BCUT2D eigenvalue weighted by Crippen LogP contribution is -2.41. The molecule has 33 heavy (non-hydrogen) atoms. The van der Waals surface area contributed by atoms with Crippen LogP contribution in [0.1, 0.15) is 70.4 Å². The third-order valence-corrected chi connectivity index (χ3v) is 11.2. The maximum atomic E-state index is 13.7. The molecule has 0 saturated heterocycles. The van der Waals surface area contributed by atoms with Crippen LogP contribution < -0.4 is 0 Å². The fourth-order valence-electron chi connectivity index (χ4n) is 3.63. The Bertz CT molecular complexity index is 994. The highest BCUT2D eigenvalue weighted by atomic mass is 28.4. The van der Waals surface area contributed by atoms with Crippen LogP contribution in [0.5, 0.6) is 0 Å². The molecule has 0 aliphatic heterocycles. The first-order valence-electron chi connectivity index (χ1n) is 12.1. The van der Waals surface area contributed by atoms with Crippen molar-refractivity contribution in [3.63, 3.8) is 0 Å². The van der Waals surface area contributed by atoms with E-state index < -0.39 is 8.32 Å². The Morgan fingerprint density at radius 2 is 1.70 bits per heavy atom. The van der Waals surface area contributed by atoms with Crippen molar-refractivity contribution in [2.75, 3.05) is 0 Å². The Labute approximate surface area is 199 Å². The molecule has 0 bridgehead atoms. The summed E-state index contributed by atoms with van der Waals surface area (Å²) in [4.78, 5) is 4.55. The fourth-order valence-corrected chi connectivity index (χ4v) is 4.92. The average Bonchev–Trinajstić information content (AvgIpc) is 3.25. The standard InChI is InChI=1S/C28H38FNO2Si/c1-28(2,3)33(4,5)32-25(19-12-7-6-9-14-22-15-10-8-11-16-22)27-30-21-26(31-27)23-17-13-18-24(29)20-23/h8,10-11,13,15-18,20-21,25H,6-7,9,12,14,19H2,1-5H3. The van der Waals surface area contributed by atoms with Gasteiger partial charge in [0.2, 0.25) is 5.89 Å². The molecule has 3 aromatic rings. The lowest BCUT2D eigenvalue weighted by atomic mass is 10.0. The molecule has 0 aliphatic carbocycles. The molecule has 3 nitrogen and oxygen atoms in total. The van der Waals surface area contributed by atoms with Crippen LogP contribution in [0.2, 0.25) is 18.1 Å². The molecule has 1 atom stereocenters. The molecule has 0 N–H and O–H groups in total. The van der Waals surface area contributed by atoms with E-state index in [9.17, 15) is 4.39 Å². The second-order valence-corrected chi connectivity index (χ2v) is 15.1. The Hall–Kier alpha value is -2.24. The lowest BCUT2D eigenvalue weighted by Gasteiger charge is -2.38. The van der Waals surface area contributed by atoms with E-state index in [1.165, 1.54) is 30.5 Å². The zero-order valence-electron chi connectivity index (χ0n) is 20.7. The van der Waals surface area contributed by atoms with Crippen LogP contribution in [0, 0.1) is 5.82 Å². The third-order valence-electron chi connectivity index (χ3n) is 6.68. The van der Waals surface area contributed by atoms with Crippen LogP contribution in [-0.2, 0) is 10.8 Å². The highest BCUT2D eigenvalue weighted by Crippen LogP contribution is 2.41. The molecule has 1 unspecified atom stereocenters. The molecule has 5 heteroatoms. The van der Waals surface area contributed by atoms with Gasteiger partial charge < -0.3 is 8.84 Å². The van der Waals surface area contributed by atoms with Gasteiger partial charge in [-0.1, -0.05) is 82.5 Å². The molecule has 3 rings (SSSR count). The first-order valence-corrected chi connectivity index (χ1v) is 15.0. The number of unbranched alkanes of at least 4 members (excludes halogenated alkanes) is 3. The van der Waals surface area contributed by atoms with E-state index >= 15 is 0 Å². The van der Waals surface area contributed by atoms with Crippen molar-refractivity contribution in [2.24, 2.45) is 0 Å². The number of nitrogens with zero attached hydrogens (tertiary/aromatic N) is 1. The van der Waals surface area contributed by atoms with Crippen molar-refractivity contribution in [1.29, 1.82) is 0 Å². The lowest BCUT2D eigenvalue weighted by molar-refractivity contribution is 0.139. The predicted molar refractivity (Wildman–Crippen MR) is 136 cm³/mol. The summed E-state index contributed by atoms with van der Waals surface area (Å²) in [5.74, 6) is 0.898. The largest absolute Gasteiger partial charge is 0.438 e. The minimum absolute atomic E-state index is 0.0961. The first-order chi connectivity index (χ1) is 15.7. The summed E-state index contributed by atoms with van der Waals surface area (Å²) >= 11 is 0. The highest BCUT2D eigenvalue weighted by molar-refractivity contribution is 6.74. The number of aromatic nitrogens is 1. The van der Waals surface area contributed by atoms with E-state index in [0.717, 1.165) is 25.7 Å². The van der Waals surface area contributed by atoms with Crippen molar-refractivity contribution in [2.45, 2.75) is 83.5 Å². The molecule has 1 aromatic heterocycles. The summed E-state index contributed by atoms with van der Waals surface area (Å²) in [6.45, 7) is 11.3. The third kappa shape index (κ3) is 7.37. The number of benzene rings is 2. The second-order valence-electron chi connectivity index (χ2n) is 10.4. The Morgan fingerprint density at radius 1 is 0.970 bits per heavy atom. The summed E-state index contributed by atoms with van der Waals surface area (Å²) in [6.07, 6.45) is 8.12. The molecule has 1 heterocycles. The summed E-state index contributed by atoms with van der Waals surface area (Å²) in [7, 11) is -2.01. The number of oxazole rings is 1. The van der Waals surface area contributed by atoms with Crippen molar-refractivity contribution in [3.8, 4) is 11.3 Å². The molecule has 0 spiro atoms. The quantitative estimate of drug-likeness (QED) is 0.209. The minimum Gasteiger partial charge on any atom is -0.438 e. The van der Waals surface area contributed by atoms with E-state index in [0.29, 0.717) is 17.2 Å². The van der Waals surface area contributed by atoms with Crippen LogP contribution in [0.3, 0.4) is 0 Å². The average molecular weight is 468 g/mol. The Morgan fingerprint density at radius 3 is 2.39 bits per heavy atom. The number of halogens is 1. The van der Waals surface area contributed by atoms with Gasteiger partial charge in [0.15, 0.2) is 14.1 Å². The van der Waals surface area contributed by atoms with Crippen LogP contribution >= 0.6 is 0 Å².